The molecule has 0 unspecified atom stereocenters. The summed E-state index contributed by atoms with van der Waals surface area (Å²) in [6.45, 7) is 2.22. The van der Waals surface area contributed by atoms with Crippen molar-refractivity contribution in [1.82, 2.24) is 0 Å². The summed E-state index contributed by atoms with van der Waals surface area (Å²) in [4.78, 5) is 0. The lowest BCUT2D eigenvalue weighted by Crippen LogP contribution is -1.73. The molecular weight excluding hydrogens is 170 g/mol. The maximum atomic E-state index is 8.24. The Balaban J connectivity index is 3.09. The highest BCUT2D eigenvalue weighted by Gasteiger charge is 1.83. The molecule has 0 aliphatic carbocycles. The molecule has 1 heteroatoms. The van der Waals surface area contributed by atoms with E-state index in [1.54, 1.807) is 6.08 Å². The van der Waals surface area contributed by atoms with E-state index in [1.807, 2.05) is 12.1 Å². The van der Waals surface area contributed by atoms with E-state index in [0.717, 1.165) is 6.42 Å². The van der Waals surface area contributed by atoms with Crippen molar-refractivity contribution in [1.29, 1.82) is 5.26 Å². The highest BCUT2D eigenvalue weighted by atomic mass is 14.2. The second kappa shape index (κ2) is 12.0. The fraction of sp³-hybridized carbons (Fsp3) is 0.615. The summed E-state index contributed by atoms with van der Waals surface area (Å²) in [5.41, 5.74) is 0. The first kappa shape index (κ1) is 13.0. The van der Waals surface area contributed by atoms with E-state index in [1.165, 1.54) is 38.5 Å². The second-order valence-electron chi connectivity index (χ2n) is 3.43. The van der Waals surface area contributed by atoms with Gasteiger partial charge >= 0.3 is 0 Å². The Morgan fingerprint density at radius 2 is 1.50 bits per heavy atom. The molecule has 14 heavy (non-hydrogen) atoms. The minimum atomic E-state index is 1.04. The van der Waals surface area contributed by atoms with E-state index < -0.39 is 0 Å². The highest BCUT2D eigenvalue weighted by molar-refractivity contribution is 5.01. The molecule has 0 aromatic carbocycles. The van der Waals surface area contributed by atoms with Crippen LogP contribution in [0.2, 0.25) is 0 Å². The lowest BCUT2D eigenvalue weighted by Gasteiger charge is -1.92. The first-order valence-corrected chi connectivity index (χ1v) is 5.61. The topological polar surface area (TPSA) is 23.8 Å². The predicted octanol–water partition coefficient (Wildman–Crippen LogP) is 4.37. The van der Waals surface area contributed by atoms with E-state index in [-0.39, 0.29) is 0 Å². The quantitative estimate of drug-likeness (QED) is 0.317. The number of nitrogens with zero attached hydrogens (tertiary/aromatic N) is 1. The Labute approximate surface area is 88.1 Å². The number of hydrogen-bond donors (Lipinski definition) is 0. The molecule has 0 N–H and O–H groups in total. The van der Waals surface area contributed by atoms with E-state index >= 15 is 0 Å². The largest absolute Gasteiger partial charge is 0.193 e. The van der Waals surface area contributed by atoms with Gasteiger partial charge < -0.3 is 0 Å². The third-order valence-electron chi connectivity index (χ3n) is 2.07. The van der Waals surface area contributed by atoms with Crippen LogP contribution in [0.3, 0.4) is 0 Å². The van der Waals surface area contributed by atoms with Crippen molar-refractivity contribution in [3.05, 3.63) is 24.3 Å². The highest BCUT2D eigenvalue weighted by Crippen LogP contribution is 2.03. The van der Waals surface area contributed by atoms with Crippen LogP contribution < -0.4 is 0 Å². The van der Waals surface area contributed by atoms with Crippen molar-refractivity contribution in [3.8, 4) is 6.07 Å². The van der Waals surface area contributed by atoms with Crippen LogP contribution in [-0.4, -0.2) is 0 Å². The summed E-state index contributed by atoms with van der Waals surface area (Å²) in [5.74, 6) is 0. The van der Waals surface area contributed by atoms with Gasteiger partial charge in [0.15, 0.2) is 0 Å². The number of unbranched alkanes of at least 4 members (excludes halogenated alkanes) is 5. The Morgan fingerprint density at radius 3 is 2.07 bits per heavy atom. The predicted molar refractivity (Wildman–Crippen MR) is 61.9 cm³/mol. The molecule has 0 bridgehead atoms. The average Bonchev–Trinajstić information content (AvgIpc) is 2.21. The first-order valence-electron chi connectivity index (χ1n) is 5.61. The number of rotatable bonds is 8. The van der Waals surface area contributed by atoms with Gasteiger partial charge in [0.05, 0.1) is 6.07 Å². The lowest BCUT2D eigenvalue weighted by molar-refractivity contribution is 0.756. The van der Waals surface area contributed by atoms with E-state index in [2.05, 4.69) is 19.1 Å². The van der Waals surface area contributed by atoms with Crippen molar-refractivity contribution in [2.24, 2.45) is 0 Å². The zero-order valence-electron chi connectivity index (χ0n) is 9.21. The molecule has 0 atom stereocenters. The second-order valence-corrected chi connectivity index (χ2v) is 3.43. The van der Waals surface area contributed by atoms with Crippen LogP contribution in [0.15, 0.2) is 24.3 Å². The van der Waals surface area contributed by atoms with Crippen LogP contribution >= 0.6 is 0 Å². The van der Waals surface area contributed by atoms with Crippen LogP contribution in [0.1, 0.15) is 51.9 Å². The Bertz CT molecular complexity index is 196. The summed E-state index contributed by atoms with van der Waals surface area (Å²) in [5, 5.41) is 8.24. The zero-order chi connectivity index (χ0) is 10.5. The molecule has 0 saturated heterocycles. The standard InChI is InChI=1S/C13H21N/c1-2-3-4-5-6-7-8-9-10-11-12-13-14/h5-6,11-12H,2-4,7-10H2,1H3. The van der Waals surface area contributed by atoms with Gasteiger partial charge in [-0.15, -0.1) is 0 Å². The fourth-order valence-corrected chi connectivity index (χ4v) is 1.22. The Hall–Kier alpha value is -1.03. The van der Waals surface area contributed by atoms with Gasteiger partial charge in [-0.1, -0.05) is 38.0 Å². The zero-order valence-corrected chi connectivity index (χ0v) is 9.21. The molecule has 1 nitrogen and oxygen atoms in total. The van der Waals surface area contributed by atoms with Gasteiger partial charge in [-0.25, -0.2) is 0 Å². The molecule has 0 saturated carbocycles. The van der Waals surface area contributed by atoms with Crippen LogP contribution in [0.25, 0.3) is 0 Å². The lowest BCUT2D eigenvalue weighted by atomic mass is 10.1. The molecule has 0 radical (unpaired) electrons. The summed E-state index contributed by atoms with van der Waals surface area (Å²) >= 11 is 0. The molecule has 0 fully saturated rings. The third-order valence-corrected chi connectivity index (χ3v) is 2.07. The summed E-state index contributed by atoms with van der Waals surface area (Å²) in [6.07, 6.45) is 16.5. The number of nitriles is 1. The number of hydrogen-bond acceptors (Lipinski definition) is 1. The van der Waals surface area contributed by atoms with Crippen molar-refractivity contribution >= 4 is 0 Å². The molecule has 0 aliphatic heterocycles. The molecule has 0 spiro atoms. The molecule has 0 aromatic rings. The van der Waals surface area contributed by atoms with Crippen LogP contribution in [-0.2, 0) is 0 Å². The molecule has 0 amide bonds. The fourth-order valence-electron chi connectivity index (χ4n) is 1.22. The third kappa shape index (κ3) is 11.0. The van der Waals surface area contributed by atoms with Gasteiger partial charge in [-0.2, -0.15) is 5.26 Å². The van der Waals surface area contributed by atoms with E-state index in [0.29, 0.717) is 0 Å². The van der Waals surface area contributed by atoms with Crippen LogP contribution in [0.5, 0.6) is 0 Å². The summed E-state index contributed by atoms with van der Waals surface area (Å²) in [6, 6.07) is 2.00. The maximum absolute atomic E-state index is 8.24. The normalized spacial score (nSPS) is 11.1. The van der Waals surface area contributed by atoms with Crippen molar-refractivity contribution in [2.45, 2.75) is 51.9 Å². The van der Waals surface area contributed by atoms with Crippen molar-refractivity contribution in [2.75, 3.05) is 0 Å². The van der Waals surface area contributed by atoms with Gasteiger partial charge in [0, 0.05) is 6.08 Å². The van der Waals surface area contributed by atoms with Gasteiger partial charge in [0.2, 0.25) is 0 Å². The van der Waals surface area contributed by atoms with Gasteiger partial charge in [0.1, 0.15) is 0 Å². The maximum Gasteiger partial charge on any atom is 0.0908 e. The molecule has 0 rings (SSSR count). The smallest absolute Gasteiger partial charge is 0.0908 e. The van der Waals surface area contributed by atoms with Gasteiger partial charge in [-0.05, 0) is 32.1 Å². The van der Waals surface area contributed by atoms with Gasteiger partial charge in [-0.3, -0.25) is 0 Å². The Kier molecular flexibility index (Phi) is 11.1. The minimum Gasteiger partial charge on any atom is -0.193 e. The molecular formula is C13H21N. The summed E-state index contributed by atoms with van der Waals surface area (Å²) in [7, 11) is 0. The number of allylic oxidation sites excluding steroid dienone is 4. The van der Waals surface area contributed by atoms with Crippen LogP contribution in [0, 0.1) is 11.3 Å². The minimum absolute atomic E-state index is 1.04. The van der Waals surface area contributed by atoms with Crippen molar-refractivity contribution in [3.63, 3.8) is 0 Å². The van der Waals surface area contributed by atoms with E-state index in [9.17, 15) is 0 Å². The Morgan fingerprint density at radius 1 is 0.929 bits per heavy atom. The monoisotopic (exact) mass is 191 g/mol. The molecule has 78 valence electrons. The van der Waals surface area contributed by atoms with Crippen LogP contribution in [0.4, 0.5) is 0 Å². The summed E-state index contributed by atoms with van der Waals surface area (Å²) < 4.78 is 0. The average molecular weight is 191 g/mol. The van der Waals surface area contributed by atoms with Gasteiger partial charge in [0.25, 0.3) is 0 Å². The SMILES string of the molecule is CCCCC=CCCCCC=CC#N. The first-order chi connectivity index (χ1) is 6.91. The molecule has 0 heterocycles. The molecule has 0 aliphatic rings. The van der Waals surface area contributed by atoms with Crippen molar-refractivity contribution < 1.29 is 0 Å². The molecule has 0 aromatic heterocycles. The van der Waals surface area contributed by atoms with E-state index in [4.69, 9.17) is 5.26 Å².